The molecule has 0 radical (unpaired) electrons. The van der Waals surface area contributed by atoms with Gasteiger partial charge in [0.1, 0.15) is 10.8 Å². The van der Waals surface area contributed by atoms with E-state index >= 15 is 0 Å². The maximum Gasteiger partial charge on any atom is 0.262 e. The van der Waals surface area contributed by atoms with Gasteiger partial charge in [-0.2, -0.15) is 0 Å². The van der Waals surface area contributed by atoms with Crippen LogP contribution < -0.4 is 14.2 Å². The van der Waals surface area contributed by atoms with Crippen molar-refractivity contribution in [1.82, 2.24) is 4.98 Å². The normalized spacial score (nSPS) is 11.8. The van der Waals surface area contributed by atoms with Gasteiger partial charge in [-0.1, -0.05) is 0 Å². The Hall–Kier alpha value is -2.63. The molecule has 8 nitrogen and oxygen atoms in total. The number of anilines is 2. The van der Waals surface area contributed by atoms with Crippen LogP contribution in [0.5, 0.6) is 5.75 Å². The quantitative estimate of drug-likeness (QED) is 0.557. The SMILES string of the molecule is CCOc1ccc(S(=O)(=O)Nc2ccc(S(=O)(=O)Nc3cncs3)cc2)cc1. The molecule has 1 aromatic heterocycles. The van der Waals surface area contributed by atoms with Crippen LogP contribution >= 0.6 is 11.3 Å². The third-order valence-corrected chi connectivity index (χ3v) is 7.13. The summed E-state index contributed by atoms with van der Waals surface area (Å²) in [7, 11) is -7.59. The molecule has 3 rings (SSSR count). The number of ether oxygens (including phenoxy) is 1. The van der Waals surface area contributed by atoms with E-state index in [1.54, 1.807) is 12.1 Å². The second-order valence-corrected chi connectivity index (χ2v) is 9.76. The number of thiazole rings is 1. The molecule has 0 bridgehead atoms. The molecule has 3 aromatic rings. The minimum absolute atomic E-state index is 0.00455. The first kappa shape index (κ1) is 20.1. The molecule has 0 atom stereocenters. The van der Waals surface area contributed by atoms with E-state index < -0.39 is 20.0 Å². The monoisotopic (exact) mass is 439 g/mol. The number of nitrogens with one attached hydrogen (secondary N) is 2. The van der Waals surface area contributed by atoms with Crippen LogP contribution in [0.1, 0.15) is 6.92 Å². The molecule has 1 heterocycles. The minimum atomic E-state index is -3.81. The average molecular weight is 440 g/mol. The fourth-order valence-corrected chi connectivity index (χ4v) is 5.12. The number of benzene rings is 2. The third kappa shape index (κ3) is 4.80. The first-order valence-electron chi connectivity index (χ1n) is 8.07. The second kappa shape index (κ2) is 8.17. The zero-order chi connectivity index (χ0) is 20.2. The lowest BCUT2D eigenvalue weighted by Gasteiger charge is -2.10. The molecule has 11 heteroatoms. The van der Waals surface area contributed by atoms with E-state index in [0.717, 1.165) is 11.3 Å². The number of hydrogen-bond acceptors (Lipinski definition) is 7. The fourth-order valence-electron chi connectivity index (χ4n) is 2.26. The summed E-state index contributed by atoms with van der Waals surface area (Å²) in [6, 6.07) is 11.4. The second-order valence-electron chi connectivity index (χ2n) is 5.51. The highest BCUT2D eigenvalue weighted by Crippen LogP contribution is 2.23. The van der Waals surface area contributed by atoms with Crippen molar-refractivity contribution in [3.05, 3.63) is 60.2 Å². The molecule has 148 valence electrons. The van der Waals surface area contributed by atoms with Crippen LogP contribution in [0.2, 0.25) is 0 Å². The molecule has 0 aliphatic carbocycles. The highest BCUT2D eigenvalue weighted by Gasteiger charge is 2.17. The number of hydrogen-bond donors (Lipinski definition) is 2. The van der Waals surface area contributed by atoms with E-state index in [1.807, 2.05) is 6.92 Å². The minimum Gasteiger partial charge on any atom is -0.494 e. The number of rotatable bonds is 8. The molecule has 0 saturated heterocycles. The zero-order valence-corrected chi connectivity index (χ0v) is 17.1. The Labute approximate surface area is 167 Å². The van der Waals surface area contributed by atoms with E-state index in [0.29, 0.717) is 17.4 Å². The van der Waals surface area contributed by atoms with Gasteiger partial charge < -0.3 is 4.74 Å². The smallest absolute Gasteiger partial charge is 0.262 e. The maximum absolute atomic E-state index is 12.5. The van der Waals surface area contributed by atoms with Gasteiger partial charge in [-0.05, 0) is 55.5 Å². The highest BCUT2D eigenvalue weighted by molar-refractivity contribution is 7.93. The molecule has 28 heavy (non-hydrogen) atoms. The van der Waals surface area contributed by atoms with Gasteiger partial charge in [0.15, 0.2) is 0 Å². The Kier molecular flexibility index (Phi) is 5.87. The van der Waals surface area contributed by atoms with E-state index in [2.05, 4.69) is 14.4 Å². The van der Waals surface area contributed by atoms with Crippen molar-refractivity contribution in [2.75, 3.05) is 16.1 Å². The molecule has 0 spiro atoms. The number of sulfonamides is 2. The standard InChI is InChI=1S/C17H17N3O5S3/c1-2-25-14-5-9-16(10-6-14)27(21,22)19-13-3-7-15(8-4-13)28(23,24)20-17-11-18-12-26-17/h3-12,19-20H,2H2,1H3. The lowest BCUT2D eigenvalue weighted by Crippen LogP contribution is -2.14. The van der Waals surface area contributed by atoms with Crippen molar-refractivity contribution in [2.45, 2.75) is 16.7 Å². The lowest BCUT2D eigenvalue weighted by atomic mass is 10.3. The van der Waals surface area contributed by atoms with Gasteiger partial charge in [0.25, 0.3) is 20.0 Å². The molecular formula is C17H17N3O5S3. The lowest BCUT2D eigenvalue weighted by molar-refractivity contribution is 0.340. The molecule has 0 aliphatic heterocycles. The molecular weight excluding hydrogens is 422 g/mol. The Morgan fingerprint density at radius 1 is 0.893 bits per heavy atom. The number of aromatic nitrogens is 1. The molecule has 0 amide bonds. The molecule has 0 fully saturated rings. The highest BCUT2D eigenvalue weighted by atomic mass is 32.2. The Morgan fingerprint density at radius 3 is 2.00 bits per heavy atom. The average Bonchev–Trinajstić information content (AvgIpc) is 3.15. The summed E-state index contributed by atoms with van der Waals surface area (Å²) in [6.45, 7) is 2.32. The predicted molar refractivity (Wildman–Crippen MR) is 108 cm³/mol. The molecule has 2 N–H and O–H groups in total. The van der Waals surface area contributed by atoms with E-state index in [9.17, 15) is 16.8 Å². The van der Waals surface area contributed by atoms with Crippen LogP contribution in [-0.2, 0) is 20.0 Å². The summed E-state index contributed by atoms with van der Waals surface area (Å²) in [5.74, 6) is 0.574. The van der Waals surface area contributed by atoms with Gasteiger partial charge >= 0.3 is 0 Å². The largest absolute Gasteiger partial charge is 0.494 e. The summed E-state index contributed by atoms with van der Waals surface area (Å²) in [5, 5.41) is 0.389. The first-order chi connectivity index (χ1) is 13.3. The van der Waals surface area contributed by atoms with E-state index in [-0.39, 0.29) is 15.5 Å². The van der Waals surface area contributed by atoms with Crippen LogP contribution in [-0.4, -0.2) is 28.4 Å². The topological polar surface area (TPSA) is 114 Å². The summed E-state index contributed by atoms with van der Waals surface area (Å²) in [6.07, 6.45) is 1.40. The molecule has 2 aromatic carbocycles. The van der Waals surface area contributed by atoms with Gasteiger partial charge in [-0.25, -0.2) is 16.8 Å². The van der Waals surface area contributed by atoms with Crippen LogP contribution in [0, 0.1) is 0 Å². The fraction of sp³-hybridized carbons (Fsp3) is 0.118. The molecule has 0 unspecified atom stereocenters. The Bertz CT molecular complexity index is 1130. The summed E-state index contributed by atoms with van der Waals surface area (Å²) in [5.41, 5.74) is 1.75. The van der Waals surface area contributed by atoms with E-state index in [1.165, 1.54) is 48.1 Å². The van der Waals surface area contributed by atoms with Crippen LogP contribution in [0.4, 0.5) is 10.7 Å². The Balaban J connectivity index is 1.74. The first-order valence-corrected chi connectivity index (χ1v) is 11.9. The van der Waals surface area contributed by atoms with Crippen molar-refractivity contribution in [2.24, 2.45) is 0 Å². The van der Waals surface area contributed by atoms with Crippen LogP contribution in [0.15, 0.2) is 70.0 Å². The molecule has 0 saturated carbocycles. The van der Waals surface area contributed by atoms with Gasteiger partial charge in [-0.3, -0.25) is 14.4 Å². The van der Waals surface area contributed by atoms with Crippen molar-refractivity contribution in [1.29, 1.82) is 0 Å². The molecule has 0 aliphatic rings. The number of nitrogens with zero attached hydrogens (tertiary/aromatic N) is 1. The van der Waals surface area contributed by atoms with Gasteiger partial charge in [0.2, 0.25) is 0 Å². The third-order valence-electron chi connectivity index (χ3n) is 3.53. The van der Waals surface area contributed by atoms with E-state index in [4.69, 9.17) is 4.74 Å². The van der Waals surface area contributed by atoms with Crippen LogP contribution in [0.25, 0.3) is 0 Å². The predicted octanol–water partition coefficient (Wildman–Crippen LogP) is 3.14. The van der Waals surface area contributed by atoms with Crippen molar-refractivity contribution in [3.8, 4) is 5.75 Å². The van der Waals surface area contributed by atoms with Crippen molar-refractivity contribution in [3.63, 3.8) is 0 Å². The van der Waals surface area contributed by atoms with Crippen molar-refractivity contribution >= 4 is 42.1 Å². The summed E-state index contributed by atoms with van der Waals surface area (Å²) < 4.78 is 59.7. The van der Waals surface area contributed by atoms with Gasteiger partial charge in [0.05, 0.1) is 28.1 Å². The summed E-state index contributed by atoms with van der Waals surface area (Å²) >= 11 is 1.16. The van der Waals surface area contributed by atoms with Gasteiger partial charge in [0, 0.05) is 5.69 Å². The Morgan fingerprint density at radius 2 is 1.46 bits per heavy atom. The zero-order valence-electron chi connectivity index (χ0n) is 14.7. The van der Waals surface area contributed by atoms with Gasteiger partial charge in [-0.15, -0.1) is 11.3 Å². The maximum atomic E-state index is 12.5. The summed E-state index contributed by atoms with van der Waals surface area (Å²) in [4.78, 5) is 3.88. The van der Waals surface area contributed by atoms with Crippen molar-refractivity contribution < 1.29 is 21.6 Å². The van der Waals surface area contributed by atoms with Crippen LogP contribution in [0.3, 0.4) is 0 Å².